The third-order valence-electron chi connectivity index (χ3n) is 2.90. The van der Waals surface area contributed by atoms with Gasteiger partial charge < -0.3 is 9.84 Å². The molecule has 1 atom stereocenters. The van der Waals surface area contributed by atoms with Crippen molar-refractivity contribution in [3.63, 3.8) is 0 Å². The maximum Gasteiger partial charge on any atom is 0.165 e. The van der Waals surface area contributed by atoms with Crippen LogP contribution in [-0.2, 0) is 6.42 Å². The summed E-state index contributed by atoms with van der Waals surface area (Å²) >= 11 is 5.79. The van der Waals surface area contributed by atoms with Crippen LogP contribution < -0.4 is 4.74 Å². The summed E-state index contributed by atoms with van der Waals surface area (Å²) in [6, 6.07) is 11.7. The lowest BCUT2D eigenvalue weighted by Gasteiger charge is -2.12. The van der Waals surface area contributed by atoms with Crippen LogP contribution in [0.3, 0.4) is 0 Å². The zero-order valence-electron chi connectivity index (χ0n) is 10.4. The van der Waals surface area contributed by atoms with E-state index in [0.29, 0.717) is 17.0 Å². The fourth-order valence-electron chi connectivity index (χ4n) is 1.85. The van der Waals surface area contributed by atoms with E-state index in [1.165, 1.54) is 19.2 Å². The van der Waals surface area contributed by atoms with Crippen molar-refractivity contribution in [2.24, 2.45) is 0 Å². The van der Waals surface area contributed by atoms with Gasteiger partial charge in [-0.1, -0.05) is 29.8 Å². The molecule has 4 heteroatoms. The van der Waals surface area contributed by atoms with Gasteiger partial charge in [0.15, 0.2) is 11.6 Å². The van der Waals surface area contributed by atoms with Crippen LogP contribution in [0.2, 0.25) is 5.02 Å². The Balaban J connectivity index is 2.13. The molecule has 0 saturated heterocycles. The minimum atomic E-state index is -0.762. The highest BCUT2D eigenvalue weighted by molar-refractivity contribution is 6.30. The van der Waals surface area contributed by atoms with Gasteiger partial charge in [-0.25, -0.2) is 4.39 Å². The zero-order chi connectivity index (χ0) is 13.8. The number of methoxy groups -OCH3 is 1. The SMILES string of the molecule is COc1ccc(C(O)Cc2ccc(Cl)cc2)cc1F. The molecule has 100 valence electrons. The van der Waals surface area contributed by atoms with Crippen LogP contribution in [0.4, 0.5) is 4.39 Å². The molecule has 0 radical (unpaired) electrons. The molecule has 1 N–H and O–H groups in total. The van der Waals surface area contributed by atoms with E-state index in [-0.39, 0.29) is 5.75 Å². The van der Waals surface area contributed by atoms with Crippen LogP contribution in [0.25, 0.3) is 0 Å². The number of hydrogen-bond donors (Lipinski definition) is 1. The minimum absolute atomic E-state index is 0.169. The standard InChI is InChI=1S/C15H14ClFO2/c1-19-15-7-4-11(9-13(15)17)14(18)8-10-2-5-12(16)6-3-10/h2-7,9,14,18H,8H2,1H3. The number of benzene rings is 2. The highest BCUT2D eigenvalue weighted by Crippen LogP contribution is 2.24. The molecule has 0 spiro atoms. The minimum Gasteiger partial charge on any atom is -0.494 e. The first-order valence-electron chi connectivity index (χ1n) is 5.86. The van der Waals surface area contributed by atoms with Gasteiger partial charge >= 0.3 is 0 Å². The molecule has 2 aromatic carbocycles. The van der Waals surface area contributed by atoms with Gasteiger partial charge in [-0.2, -0.15) is 0 Å². The molecule has 0 aliphatic carbocycles. The van der Waals surface area contributed by atoms with Crippen molar-refractivity contribution in [1.82, 2.24) is 0 Å². The lowest BCUT2D eigenvalue weighted by atomic mass is 10.0. The number of aliphatic hydroxyl groups is 1. The van der Waals surface area contributed by atoms with E-state index in [0.717, 1.165) is 5.56 Å². The molecule has 0 aromatic heterocycles. The number of ether oxygens (including phenoxy) is 1. The Morgan fingerprint density at radius 3 is 2.47 bits per heavy atom. The van der Waals surface area contributed by atoms with E-state index in [9.17, 15) is 9.50 Å². The van der Waals surface area contributed by atoms with Crippen LogP contribution in [0.1, 0.15) is 17.2 Å². The van der Waals surface area contributed by atoms with Crippen LogP contribution in [0, 0.1) is 5.82 Å². The predicted octanol–water partition coefficient (Wildman–Crippen LogP) is 3.76. The van der Waals surface area contributed by atoms with Crippen molar-refractivity contribution in [3.8, 4) is 5.75 Å². The summed E-state index contributed by atoms with van der Waals surface area (Å²) in [5.74, 6) is -0.308. The fourth-order valence-corrected chi connectivity index (χ4v) is 1.98. The number of hydrogen-bond acceptors (Lipinski definition) is 2. The lowest BCUT2D eigenvalue weighted by molar-refractivity contribution is 0.178. The van der Waals surface area contributed by atoms with Gasteiger partial charge in [0.05, 0.1) is 13.2 Å². The average molecular weight is 281 g/mol. The molecular weight excluding hydrogens is 267 g/mol. The molecular formula is C15H14ClFO2. The summed E-state index contributed by atoms with van der Waals surface area (Å²) in [4.78, 5) is 0. The molecule has 0 bridgehead atoms. The van der Waals surface area contributed by atoms with Crippen molar-refractivity contribution in [2.75, 3.05) is 7.11 Å². The number of rotatable bonds is 4. The van der Waals surface area contributed by atoms with Crippen LogP contribution in [-0.4, -0.2) is 12.2 Å². The second kappa shape index (κ2) is 6.04. The maximum absolute atomic E-state index is 13.5. The fraction of sp³-hybridized carbons (Fsp3) is 0.200. The van der Waals surface area contributed by atoms with E-state index in [1.54, 1.807) is 18.2 Å². The van der Waals surface area contributed by atoms with Crippen molar-refractivity contribution >= 4 is 11.6 Å². The quantitative estimate of drug-likeness (QED) is 0.924. The van der Waals surface area contributed by atoms with Crippen LogP contribution in [0.5, 0.6) is 5.75 Å². The Morgan fingerprint density at radius 1 is 1.21 bits per heavy atom. The summed E-state index contributed by atoms with van der Waals surface area (Å²) in [5.41, 5.74) is 1.46. The van der Waals surface area contributed by atoms with E-state index in [2.05, 4.69) is 0 Å². The van der Waals surface area contributed by atoms with Gasteiger partial charge in [-0.15, -0.1) is 0 Å². The monoisotopic (exact) mass is 280 g/mol. The summed E-state index contributed by atoms with van der Waals surface area (Å²) in [6.45, 7) is 0. The van der Waals surface area contributed by atoms with E-state index in [1.807, 2.05) is 12.1 Å². The second-order valence-corrected chi connectivity index (χ2v) is 4.68. The van der Waals surface area contributed by atoms with Gasteiger partial charge in [-0.05, 0) is 35.4 Å². The lowest BCUT2D eigenvalue weighted by Crippen LogP contribution is -2.02. The topological polar surface area (TPSA) is 29.5 Å². The smallest absolute Gasteiger partial charge is 0.165 e. The normalized spacial score (nSPS) is 12.2. The van der Waals surface area contributed by atoms with Crippen molar-refractivity contribution in [3.05, 3.63) is 64.4 Å². The molecule has 2 rings (SSSR count). The summed E-state index contributed by atoms with van der Waals surface area (Å²) < 4.78 is 18.4. The third-order valence-corrected chi connectivity index (χ3v) is 3.15. The van der Waals surface area contributed by atoms with Crippen LogP contribution >= 0.6 is 11.6 Å². The Kier molecular flexibility index (Phi) is 4.40. The number of aliphatic hydroxyl groups excluding tert-OH is 1. The first-order valence-corrected chi connectivity index (χ1v) is 6.24. The summed E-state index contributed by atoms with van der Waals surface area (Å²) in [5, 5.41) is 10.7. The van der Waals surface area contributed by atoms with Gasteiger partial charge in [0, 0.05) is 11.4 Å². The molecule has 1 unspecified atom stereocenters. The summed E-state index contributed by atoms with van der Waals surface area (Å²) in [7, 11) is 1.40. The Labute approximate surface area is 116 Å². The van der Waals surface area contributed by atoms with Crippen molar-refractivity contribution in [2.45, 2.75) is 12.5 Å². The van der Waals surface area contributed by atoms with Gasteiger partial charge in [0.25, 0.3) is 0 Å². The third kappa shape index (κ3) is 3.46. The van der Waals surface area contributed by atoms with Crippen molar-refractivity contribution < 1.29 is 14.2 Å². The molecule has 0 saturated carbocycles. The van der Waals surface area contributed by atoms with Crippen LogP contribution in [0.15, 0.2) is 42.5 Å². The van der Waals surface area contributed by atoms with E-state index >= 15 is 0 Å². The molecule has 0 aliphatic heterocycles. The molecule has 2 aromatic rings. The average Bonchev–Trinajstić information content (AvgIpc) is 2.41. The maximum atomic E-state index is 13.5. The molecule has 0 amide bonds. The largest absolute Gasteiger partial charge is 0.494 e. The first kappa shape index (κ1) is 13.8. The van der Waals surface area contributed by atoms with E-state index < -0.39 is 11.9 Å². The summed E-state index contributed by atoms with van der Waals surface area (Å²) in [6.07, 6.45) is -0.357. The van der Waals surface area contributed by atoms with Crippen molar-refractivity contribution in [1.29, 1.82) is 0 Å². The zero-order valence-corrected chi connectivity index (χ0v) is 11.2. The van der Waals surface area contributed by atoms with Gasteiger partial charge in [-0.3, -0.25) is 0 Å². The molecule has 19 heavy (non-hydrogen) atoms. The Morgan fingerprint density at radius 2 is 1.89 bits per heavy atom. The Hall–Kier alpha value is -1.58. The predicted molar refractivity (Wildman–Crippen MR) is 73.1 cm³/mol. The second-order valence-electron chi connectivity index (χ2n) is 4.24. The Bertz CT molecular complexity index is 555. The molecule has 0 fully saturated rings. The molecule has 0 aliphatic rings. The molecule has 2 nitrogen and oxygen atoms in total. The van der Waals surface area contributed by atoms with E-state index in [4.69, 9.17) is 16.3 Å². The first-order chi connectivity index (χ1) is 9.10. The number of halogens is 2. The molecule has 0 heterocycles. The van der Waals surface area contributed by atoms with Gasteiger partial charge in [0.2, 0.25) is 0 Å². The highest BCUT2D eigenvalue weighted by atomic mass is 35.5. The highest BCUT2D eigenvalue weighted by Gasteiger charge is 2.12. The van der Waals surface area contributed by atoms with Gasteiger partial charge in [0.1, 0.15) is 0 Å².